The molecule has 17 heavy (non-hydrogen) atoms. The Balaban J connectivity index is 2.29. The SMILES string of the molecule is CNc1cc(C)ccc1Oc1cscc1CO. The molecule has 2 N–H and O–H groups in total. The van der Waals surface area contributed by atoms with Crippen molar-refractivity contribution in [3.63, 3.8) is 0 Å². The minimum atomic E-state index is -0.000415. The molecule has 90 valence electrons. The van der Waals surface area contributed by atoms with E-state index in [1.54, 1.807) is 0 Å². The van der Waals surface area contributed by atoms with Crippen LogP contribution in [0.4, 0.5) is 5.69 Å². The van der Waals surface area contributed by atoms with E-state index < -0.39 is 0 Å². The fraction of sp³-hybridized carbons (Fsp3) is 0.231. The van der Waals surface area contributed by atoms with Crippen molar-refractivity contribution < 1.29 is 9.84 Å². The highest BCUT2D eigenvalue weighted by Gasteiger charge is 2.08. The third kappa shape index (κ3) is 2.60. The van der Waals surface area contributed by atoms with Gasteiger partial charge in [0, 0.05) is 23.4 Å². The van der Waals surface area contributed by atoms with E-state index in [-0.39, 0.29) is 6.61 Å². The maximum absolute atomic E-state index is 9.17. The minimum absolute atomic E-state index is 0.000415. The molecule has 0 aliphatic carbocycles. The zero-order valence-electron chi connectivity index (χ0n) is 9.86. The van der Waals surface area contributed by atoms with Gasteiger partial charge in [0.05, 0.1) is 12.3 Å². The molecule has 1 heterocycles. The topological polar surface area (TPSA) is 41.5 Å². The lowest BCUT2D eigenvalue weighted by molar-refractivity contribution is 0.277. The summed E-state index contributed by atoms with van der Waals surface area (Å²) in [5, 5.41) is 16.1. The Morgan fingerprint density at radius 3 is 2.82 bits per heavy atom. The number of ether oxygens (including phenoxy) is 1. The number of aliphatic hydroxyl groups excluding tert-OH is 1. The molecule has 4 heteroatoms. The summed E-state index contributed by atoms with van der Waals surface area (Å²) in [6.45, 7) is 2.04. The van der Waals surface area contributed by atoms with Gasteiger partial charge >= 0.3 is 0 Å². The molecule has 0 spiro atoms. The van der Waals surface area contributed by atoms with Crippen molar-refractivity contribution >= 4 is 17.0 Å². The van der Waals surface area contributed by atoms with E-state index in [4.69, 9.17) is 9.84 Å². The van der Waals surface area contributed by atoms with Crippen LogP contribution in [-0.4, -0.2) is 12.2 Å². The van der Waals surface area contributed by atoms with Crippen LogP contribution in [0.2, 0.25) is 0 Å². The van der Waals surface area contributed by atoms with Crippen LogP contribution in [-0.2, 0) is 6.61 Å². The second-order valence-electron chi connectivity index (χ2n) is 3.77. The number of anilines is 1. The average Bonchev–Trinajstić information content (AvgIpc) is 2.78. The van der Waals surface area contributed by atoms with E-state index in [2.05, 4.69) is 5.32 Å². The zero-order valence-corrected chi connectivity index (χ0v) is 10.7. The number of aryl methyl sites for hydroxylation is 1. The predicted octanol–water partition coefficient (Wildman–Crippen LogP) is 3.38. The van der Waals surface area contributed by atoms with Crippen molar-refractivity contribution in [2.45, 2.75) is 13.5 Å². The van der Waals surface area contributed by atoms with Gasteiger partial charge in [-0.15, -0.1) is 11.3 Å². The first-order valence-electron chi connectivity index (χ1n) is 5.36. The summed E-state index contributed by atoms with van der Waals surface area (Å²) < 4.78 is 5.81. The molecule has 2 rings (SSSR count). The molecule has 0 saturated heterocycles. The van der Waals surface area contributed by atoms with Crippen LogP contribution in [0.3, 0.4) is 0 Å². The van der Waals surface area contributed by atoms with Crippen molar-refractivity contribution in [3.8, 4) is 11.5 Å². The minimum Gasteiger partial charge on any atom is -0.454 e. The molecule has 0 amide bonds. The van der Waals surface area contributed by atoms with Crippen LogP contribution >= 0.6 is 11.3 Å². The molecule has 0 aliphatic heterocycles. The van der Waals surface area contributed by atoms with Crippen molar-refractivity contribution in [1.29, 1.82) is 0 Å². The number of benzene rings is 1. The first-order valence-corrected chi connectivity index (χ1v) is 6.31. The van der Waals surface area contributed by atoms with Gasteiger partial charge in [-0.2, -0.15) is 0 Å². The van der Waals surface area contributed by atoms with E-state index in [9.17, 15) is 0 Å². The molecule has 3 nitrogen and oxygen atoms in total. The highest BCUT2D eigenvalue weighted by atomic mass is 32.1. The number of nitrogens with one attached hydrogen (secondary N) is 1. The van der Waals surface area contributed by atoms with Gasteiger partial charge in [-0.1, -0.05) is 6.07 Å². The molecule has 1 aromatic carbocycles. The Morgan fingerprint density at radius 2 is 2.12 bits per heavy atom. The molecule has 1 aromatic heterocycles. The van der Waals surface area contributed by atoms with E-state index >= 15 is 0 Å². The summed E-state index contributed by atoms with van der Waals surface area (Å²) in [4.78, 5) is 0. The van der Waals surface area contributed by atoms with E-state index in [0.717, 1.165) is 22.7 Å². The number of rotatable bonds is 4. The second-order valence-corrected chi connectivity index (χ2v) is 4.51. The van der Waals surface area contributed by atoms with Crippen LogP contribution in [0.1, 0.15) is 11.1 Å². The van der Waals surface area contributed by atoms with Gasteiger partial charge < -0.3 is 15.2 Å². The van der Waals surface area contributed by atoms with Gasteiger partial charge in [0.25, 0.3) is 0 Å². The van der Waals surface area contributed by atoms with Crippen molar-refractivity contribution in [1.82, 2.24) is 0 Å². The maximum atomic E-state index is 9.17. The summed E-state index contributed by atoms with van der Waals surface area (Å²) >= 11 is 1.52. The number of aliphatic hydroxyl groups is 1. The number of hydrogen-bond acceptors (Lipinski definition) is 4. The van der Waals surface area contributed by atoms with Gasteiger partial charge in [-0.25, -0.2) is 0 Å². The van der Waals surface area contributed by atoms with Crippen LogP contribution in [0.15, 0.2) is 29.0 Å². The summed E-state index contributed by atoms with van der Waals surface area (Å²) in [6.07, 6.45) is 0. The quantitative estimate of drug-likeness (QED) is 0.872. The lowest BCUT2D eigenvalue weighted by atomic mass is 10.2. The van der Waals surface area contributed by atoms with Crippen LogP contribution in [0, 0.1) is 6.92 Å². The van der Waals surface area contributed by atoms with Crippen molar-refractivity contribution in [2.24, 2.45) is 0 Å². The Hall–Kier alpha value is -1.52. The third-order valence-corrected chi connectivity index (χ3v) is 3.27. The third-order valence-electron chi connectivity index (χ3n) is 2.50. The van der Waals surface area contributed by atoms with Gasteiger partial charge in [0.15, 0.2) is 5.75 Å². The molecule has 0 aliphatic rings. The van der Waals surface area contributed by atoms with Crippen LogP contribution < -0.4 is 10.1 Å². The Labute approximate surface area is 105 Å². The maximum Gasteiger partial charge on any atom is 0.150 e. The van der Waals surface area contributed by atoms with Gasteiger partial charge in [-0.05, 0) is 24.6 Å². The summed E-state index contributed by atoms with van der Waals surface area (Å²) in [5.74, 6) is 1.49. The normalized spacial score (nSPS) is 10.3. The van der Waals surface area contributed by atoms with Gasteiger partial charge in [0.2, 0.25) is 0 Å². The predicted molar refractivity (Wildman–Crippen MR) is 71.0 cm³/mol. The van der Waals surface area contributed by atoms with E-state index in [1.165, 1.54) is 16.9 Å². The lowest BCUT2D eigenvalue weighted by Gasteiger charge is -2.11. The van der Waals surface area contributed by atoms with Gasteiger partial charge in [0.1, 0.15) is 5.75 Å². The molecule has 0 saturated carbocycles. The van der Waals surface area contributed by atoms with Crippen LogP contribution in [0.25, 0.3) is 0 Å². The van der Waals surface area contributed by atoms with E-state index in [1.807, 2.05) is 42.9 Å². The molecular formula is C13H15NO2S. The van der Waals surface area contributed by atoms with E-state index in [0.29, 0.717) is 0 Å². The average molecular weight is 249 g/mol. The first kappa shape index (κ1) is 12.0. The summed E-state index contributed by atoms with van der Waals surface area (Å²) in [6, 6.07) is 5.96. The smallest absolute Gasteiger partial charge is 0.150 e. The zero-order chi connectivity index (χ0) is 12.3. The standard InChI is InChI=1S/C13H15NO2S/c1-9-3-4-12(11(5-9)14-2)16-13-8-17-7-10(13)6-15/h3-5,7-8,14-15H,6H2,1-2H3. The summed E-state index contributed by atoms with van der Waals surface area (Å²) in [7, 11) is 1.86. The molecular weight excluding hydrogens is 234 g/mol. The molecule has 0 radical (unpaired) electrons. The molecule has 2 aromatic rings. The van der Waals surface area contributed by atoms with Crippen molar-refractivity contribution in [3.05, 3.63) is 40.1 Å². The second kappa shape index (κ2) is 5.21. The molecule has 0 atom stereocenters. The highest BCUT2D eigenvalue weighted by Crippen LogP contribution is 2.33. The van der Waals surface area contributed by atoms with Gasteiger partial charge in [-0.3, -0.25) is 0 Å². The summed E-state index contributed by atoms with van der Waals surface area (Å²) in [5.41, 5.74) is 2.94. The number of thiophene rings is 1. The monoisotopic (exact) mass is 249 g/mol. The van der Waals surface area contributed by atoms with Crippen LogP contribution in [0.5, 0.6) is 11.5 Å². The molecule has 0 fully saturated rings. The largest absolute Gasteiger partial charge is 0.454 e. The Morgan fingerprint density at radius 1 is 1.29 bits per heavy atom. The fourth-order valence-corrected chi connectivity index (χ4v) is 2.31. The van der Waals surface area contributed by atoms with Crippen molar-refractivity contribution in [2.75, 3.05) is 12.4 Å². The number of hydrogen-bond donors (Lipinski definition) is 2. The Bertz CT molecular complexity index is 508. The lowest BCUT2D eigenvalue weighted by Crippen LogP contribution is -1.95. The fourth-order valence-electron chi connectivity index (χ4n) is 1.56. The highest BCUT2D eigenvalue weighted by molar-refractivity contribution is 7.08. The molecule has 0 unspecified atom stereocenters. The first-order chi connectivity index (χ1) is 8.24. The Kier molecular flexibility index (Phi) is 3.66. The molecule has 0 bridgehead atoms.